The van der Waals surface area contributed by atoms with Gasteiger partial charge < -0.3 is 0 Å². The van der Waals surface area contributed by atoms with Crippen LogP contribution in [0.15, 0.2) is 103 Å². The number of fused-ring (bicyclic) bond motifs is 2. The molecule has 0 amide bonds. The summed E-state index contributed by atoms with van der Waals surface area (Å²) < 4.78 is 0. The van der Waals surface area contributed by atoms with Crippen molar-refractivity contribution < 1.29 is 18.0 Å². The third-order valence-corrected chi connectivity index (χ3v) is 24.7. The van der Waals surface area contributed by atoms with E-state index < -0.39 is 18.0 Å². The molecule has 0 nitrogen and oxygen atoms in total. The normalized spacial score (nSPS) is 10.1. The van der Waals surface area contributed by atoms with E-state index in [9.17, 15) is 0 Å². The second kappa shape index (κ2) is 12.0. The molecule has 0 N–H and O–H groups in total. The molecule has 0 fully saturated rings. The minimum atomic E-state index is -1.65. The van der Waals surface area contributed by atoms with Gasteiger partial charge in [-0.05, 0) is 5.56 Å². The van der Waals surface area contributed by atoms with Crippen molar-refractivity contribution in [2.75, 3.05) is 0 Å². The van der Waals surface area contributed by atoms with E-state index in [1.807, 2.05) is 0 Å². The number of hydrogen-bond acceptors (Lipinski definition) is 0. The molecule has 0 bridgehead atoms. The maximum atomic E-state index is 5.62. The number of halogens is 2. The van der Waals surface area contributed by atoms with Crippen LogP contribution in [0.3, 0.4) is 0 Å². The van der Waals surface area contributed by atoms with Crippen molar-refractivity contribution in [2.24, 2.45) is 0 Å². The molecule has 31 heavy (non-hydrogen) atoms. The van der Waals surface area contributed by atoms with Gasteiger partial charge in [-0.15, -0.1) is 69.6 Å². The van der Waals surface area contributed by atoms with Crippen molar-refractivity contribution in [1.29, 1.82) is 0 Å². The predicted molar refractivity (Wildman–Crippen MR) is 138 cm³/mol. The fraction of sp³-hybridized carbons (Fsp3) is 0.111. The van der Waals surface area contributed by atoms with E-state index in [0.29, 0.717) is 0 Å². The maximum Gasteiger partial charge on any atom is -0.0279 e. The molecule has 0 radical (unpaired) electrons. The molecule has 0 aliphatic carbocycles. The predicted octanol–water partition coefficient (Wildman–Crippen LogP) is 9.26. The minimum Gasteiger partial charge on any atom is -0.168 e. The molecule has 0 heterocycles. The number of aryl methyl sites for hydroxylation is 1. The topological polar surface area (TPSA) is 0 Å². The molecular weight excluding hydrogens is 515 g/mol. The van der Waals surface area contributed by atoms with E-state index >= 15 is 0 Å². The van der Waals surface area contributed by atoms with Crippen molar-refractivity contribution in [3.63, 3.8) is 0 Å². The molecular formula is C27H26Cl2SiZr-2. The van der Waals surface area contributed by atoms with Gasteiger partial charge in [0.1, 0.15) is 0 Å². The van der Waals surface area contributed by atoms with Gasteiger partial charge in [-0.25, -0.2) is 0 Å². The molecule has 158 valence electrons. The first-order valence-corrected chi connectivity index (χ1v) is 22.8. The molecule has 0 aromatic heterocycles. The van der Waals surface area contributed by atoms with E-state index in [-0.39, 0.29) is 5.43 Å². The molecule has 0 unspecified atom stereocenters. The van der Waals surface area contributed by atoms with Crippen molar-refractivity contribution in [3.05, 3.63) is 109 Å². The van der Waals surface area contributed by atoms with Gasteiger partial charge in [0.25, 0.3) is 0 Å². The van der Waals surface area contributed by atoms with Gasteiger partial charge >= 0.3 is 53.5 Å². The zero-order valence-electron chi connectivity index (χ0n) is 18.1. The summed E-state index contributed by atoms with van der Waals surface area (Å²) in [4.78, 5) is 0. The van der Waals surface area contributed by atoms with Crippen LogP contribution in [-0.2, 0) is 18.0 Å². The Hall–Kier alpha value is -1.44. The molecule has 4 heteroatoms. The molecule has 5 aromatic rings. The zero-order valence-corrected chi connectivity index (χ0v) is 23.0. The Morgan fingerprint density at radius 2 is 1.42 bits per heavy atom. The van der Waals surface area contributed by atoms with Crippen LogP contribution in [0.1, 0.15) is 5.56 Å². The van der Waals surface area contributed by atoms with Gasteiger partial charge in [-0.3, -0.25) is 0 Å². The average Bonchev–Trinajstić information content (AvgIpc) is 3.40. The summed E-state index contributed by atoms with van der Waals surface area (Å²) >= 11 is -1.65. The van der Waals surface area contributed by atoms with Crippen LogP contribution in [0.4, 0.5) is 0 Å². The third kappa shape index (κ3) is 7.02. The van der Waals surface area contributed by atoms with Crippen molar-refractivity contribution in [1.82, 2.24) is 0 Å². The molecule has 0 atom stereocenters. The summed E-state index contributed by atoms with van der Waals surface area (Å²) in [5.74, 6) is 0. The first kappa shape index (κ1) is 24.2. The molecule has 0 saturated carbocycles. The quantitative estimate of drug-likeness (QED) is 0.147. The summed E-state index contributed by atoms with van der Waals surface area (Å²) in [5.41, 5.74) is 3.73. The van der Waals surface area contributed by atoms with Crippen LogP contribution in [0.2, 0.25) is 13.1 Å². The Kier molecular flexibility index (Phi) is 9.35. The third-order valence-electron chi connectivity index (χ3n) is 4.90. The fourth-order valence-electron chi connectivity index (χ4n) is 3.34. The van der Waals surface area contributed by atoms with Gasteiger partial charge in [-0.2, -0.15) is 18.2 Å². The second-order valence-corrected chi connectivity index (χ2v) is 30.6. The summed E-state index contributed by atoms with van der Waals surface area (Å²) in [7, 11) is 11.2. The SMILES string of the molecule is C[Si](C)=[Zr]([Cl])[Cl].Cc1cc2ccccc2[cH-]1.c1ccc(-c2cccc3[cH-]ccc23)cc1. The van der Waals surface area contributed by atoms with Crippen LogP contribution in [-0.4, -0.2) is 5.43 Å². The molecule has 5 aromatic carbocycles. The van der Waals surface area contributed by atoms with Gasteiger partial charge in [0, 0.05) is 0 Å². The first-order chi connectivity index (χ1) is 15.0. The monoisotopic (exact) mass is 538 g/mol. The Morgan fingerprint density at radius 1 is 0.774 bits per heavy atom. The van der Waals surface area contributed by atoms with Crippen LogP contribution in [0.5, 0.6) is 0 Å². The smallest absolute Gasteiger partial charge is 0.0279 e. The largest absolute Gasteiger partial charge is 0.168 e. The van der Waals surface area contributed by atoms with E-state index in [1.165, 1.54) is 38.2 Å². The summed E-state index contributed by atoms with van der Waals surface area (Å²) in [6, 6.07) is 36.2. The van der Waals surface area contributed by atoms with E-state index in [1.54, 1.807) is 0 Å². The van der Waals surface area contributed by atoms with Crippen molar-refractivity contribution in [2.45, 2.75) is 20.0 Å². The van der Waals surface area contributed by atoms with Crippen LogP contribution in [0.25, 0.3) is 32.7 Å². The van der Waals surface area contributed by atoms with Crippen molar-refractivity contribution >= 4 is 44.0 Å². The molecule has 0 aliphatic heterocycles. The van der Waals surface area contributed by atoms with Gasteiger partial charge in [0.2, 0.25) is 0 Å². The fourth-order valence-corrected chi connectivity index (χ4v) is 3.34. The summed E-state index contributed by atoms with van der Waals surface area (Å²) in [6.07, 6.45) is 0. The van der Waals surface area contributed by atoms with Crippen LogP contribution in [0, 0.1) is 6.92 Å². The van der Waals surface area contributed by atoms with Gasteiger partial charge in [0.05, 0.1) is 0 Å². The number of hydrogen-bond donors (Lipinski definition) is 0. The molecule has 0 saturated heterocycles. The standard InChI is InChI=1S/C15H11.C10H9.C2H6Si.2ClH.Zr/c1-2-6-12(7-3-1)14-10-4-8-13-9-5-11-15(13)14;1-8-6-9-4-2-3-5-10(9)7-8;1-3-2;;;/h1-11H;2-7H,1H3;1-2H3;2*1H;/q2*-1;;;;+2/p-2. The second-order valence-electron chi connectivity index (χ2n) is 7.62. The number of benzene rings is 3. The van der Waals surface area contributed by atoms with Crippen LogP contribution >= 0.6 is 17.0 Å². The van der Waals surface area contributed by atoms with E-state index in [4.69, 9.17) is 17.0 Å². The molecule has 0 spiro atoms. The summed E-state index contributed by atoms with van der Waals surface area (Å²) in [6.45, 7) is 6.46. The van der Waals surface area contributed by atoms with E-state index in [0.717, 1.165) is 0 Å². The Balaban J connectivity index is 0.000000147. The van der Waals surface area contributed by atoms with Gasteiger partial charge in [-0.1, -0.05) is 55.0 Å². The molecule has 5 rings (SSSR count). The average molecular weight is 541 g/mol. The van der Waals surface area contributed by atoms with Gasteiger partial charge in [0.15, 0.2) is 0 Å². The Bertz CT molecular complexity index is 1230. The Labute approximate surface area is 200 Å². The summed E-state index contributed by atoms with van der Waals surface area (Å²) in [5, 5.41) is 5.35. The van der Waals surface area contributed by atoms with Crippen molar-refractivity contribution in [3.8, 4) is 11.1 Å². The van der Waals surface area contributed by atoms with Crippen LogP contribution < -0.4 is 0 Å². The number of rotatable bonds is 1. The molecule has 0 aliphatic rings. The minimum absolute atomic E-state index is 0.224. The Morgan fingerprint density at radius 3 is 2.10 bits per heavy atom. The zero-order chi connectivity index (χ0) is 22.2. The maximum absolute atomic E-state index is 5.62. The van der Waals surface area contributed by atoms with E-state index in [2.05, 4.69) is 123 Å². The first-order valence-electron chi connectivity index (χ1n) is 10.3.